The maximum absolute atomic E-state index is 13.6. The van der Waals surface area contributed by atoms with Gasteiger partial charge in [0.1, 0.15) is 6.04 Å². The van der Waals surface area contributed by atoms with Gasteiger partial charge in [-0.25, -0.2) is 9.78 Å². The van der Waals surface area contributed by atoms with Gasteiger partial charge in [-0.05, 0) is 43.4 Å². The third kappa shape index (κ3) is 6.37. The summed E-state index contributed by atoms with van der Waals surface area (Å²) in [7, 11) is 1.48. The van der Waals surface area contributed by atoms with Gasteiger partial charge in [0.05, 0.1) is 33.2 Å². The zero-order chi connectivity index (χ0) is 22.9. The van der Waals surface area contributed by atoms with Crippen molar-refractivity contribution in [3.8, 4) is 0 Å². The molecule has 2 aromatic rings. The van der Waals surface area contributed by atoms with Crippen molar-refractivity contribution in [1.29, 1.82) is 0 Å². The Morgan fingerprint density at radius 3 is 2.59 bits per heavy atom. The average Bonchev–Trinajstić information content (AvgIpc) is 2.81. The van der Waals surface area contributed by atoms with E-state index in [9.17, 15) is 9.90 Å². The van der Waals surface area contributed by atoms with Crippen LogP contribution in [-0.4, -0.2) is 54.5 Å². The lowest BCUT2D eigenvalue weighted by molar-refractivity contribution is -0.274. The molecule has 0 radical (unpaired) electrons. The van der Waals surface area contributed by atoms with Crippen LogP contribution in [0.2, 0.25) is 0 Å². The number of aliphatic hydroxyl groups is 1. The minimum Gasteiger partial charge on any atom is -0.381 e. The van der Waals surface area contributed by atoms with Gasteiger partial charge in [0.2, 0.25) is 5.91 Å². The number of rotatable bonds is 11. The highest BCUT2D eigenvalue weighted by molar-refractivity contribution is 5.83. The minimum atomic E-state index is -0.665. The normalized spacial score (nSPS) is 17.6. The first-order valence-electron chi connectivity index (χ1n) is 11.1. The fourth-order valence-electron chi connectivity index (χ4n) is 4.11. The van der Waals surface area contributed by atoms with E-state index in [0.29, 0.717) is 26.2 Å². The van der Waals surface area contributed by atoms with Crippen molar-refractivity contribution in [3.05, 3.63) is 70.8 Å². The van der Waals surface area contributed by atoms with Crippen LogP contribution in [0.25, 0.3) is 0 Å². The predicted octanol–water partition coefficient (Wildman–Crippen LogP) is 2.73. The Labute approximate surface area is 190 Å². The van der Waals surface area contributed by atoms with E-state index in [-0.39, 0.29) is 18.7 Å². The lowest BCUT2D eigenvalue weighted by Crippen LogP contribution is -2.56. The lowest BCUT2D eigenvalue weighted by Gasteiger charge is -2.40. The Kier molecular flexibility index (Phi) is 9.20. The monoisotopic (exact) mass is 442 g/mol. The van der Waals surface area contributed by atoms with E-state index in [1.165, 1.54) is 18.2 Å². The van der Waals surface area contributed by atoms with Crippen LogP contribution in [0.5, 0.6) is 0 Å². The Morgan fingerprint density at radius 1 is 1.19 bits per heavy atom. The number of carbonyl (C=O) groups is 1. The van der Waals surface area contributed by atoms with Gasteiger partial charge < -0.3 is 14.7 Å². The highest BCUT2D eigenvalue weighted by atomic mass is 17.2. The van der Waals surface area contributed by atoms with Crippen molar-refractivity contribution in [2.24, 2.45) is 0 Å². The maximum atomic E-state index is 13.6. The van der Waals surface area contributed by atoms with E-state index in [1.807, 2.05) is 55.1 Å². The van der Waals surface area contributed by atoms with Gasteiger partial charge >= 0.3 is 0 Å². The van der Waals surface area contributed by atoms with Crippen LogP contribution in [0.4, 0.5) is 0 Å². The molecule has 3 rings (SSSR count). The molecule has 1 aliphatic rings. The first kappa shape index (κ1) is 24.4. The molecule has 2 aromatic carbocycles. The molecule has 0 fully saturated rings. The zero-order valence-electron chi connectivity index (χ0n) is 19.1. The molecule has 2 unspecified atom stereocenters. The number of aliphatic hydroxyl groups excluding tert-OH is 1. The molecule has 1 amide bonds. The van der Waals surface area contributed by atoms with Crippen molar-refractivity contribution >= 4 is 5.91 Å². The first-order chi connectivity index (χ1) is 15.5. The quantitative estimate of drug-likeness (QED) is 0.241. The van der Waals surface area contributed by atoms with Crippen molar-refractivity contribution in [2.45, 2.75) is 58.0 Å². The number of benzene rings is 2. The lowest BCUT2D eigenvalue weighted by atomic mass is 9.91. The standard InChI is InChI=1S/C25H34N2O5/c1-18-8-10-20(11-9-18)16-31-19(2)24(26-17-28)25(29)27-15-22-7-5-4-6-21(22)14-23(27)12-13-32-30-3/h4-11,19,23-24,26,28H,12-17H2,1-3H3/t19?,23-,24?/m0/s1. The molecular weight excluding hydrogens is 408 g/mol. The summed E-state index contributed by atoms with van der Waals surface area (Å²) in [6.07, 6.45) is 0.974. The highest BCUT2D eigenvalue weighted by Gasteiger charge is 2.36. The van der Waals surface area contributed by atoms with Crippen molar-refractivity contribution in [1.82, 2.24) is 10.2 Å². The van der Waals surface area contributed by atoms with E-state index in [4.69, 9.17) is 14.5 Å². The second kappa shape index (κ2) is 12.1. The summed E-state index contributed by atoms with van der Waals surface area (Å²) in [6, 6.07) is 15.6. The molecule has 2 N–H and O–H groups in total. The first-order valence-corrected chi connectivity index (χ1v) is 11.1. The number of fused-ring (bicyclic) bond motifs is 1. The summed E-state index contributed by atoms with van der Waals surface area (Å²) in [4.78, 5) is 25.3. The maximum Gasteiger partial charge on any atom is 0.243 e. The Bertz CT molecular complexity index is 858. The SMILES string of the molecule is COOCC[C@H]1Cc2ccccc2CN1C(=O)C(NCO)C(C)OCc1ccc(C)cc1. The van der Waals surface area contributed by atoms with Crippen LogP contribution in [0, 0.1) is 6.92 Å². The number of hydrogen-bond acceptors (Lipinski definition) is 6. The molecule has 0 saturated carbocycles. The molecule has 1 heterocycles. The second-order valence-electron chi connectivity index (χ2n) is 8.21. The Morgan fingerprint density at radius 2 is 1.91 bits per heavy atom. The number of amides is 1. The summed E-state index contributed by atoms with van der Waals surface area (Å²) in [5, 5.41) is 12.5. The van der Waals surface area contributed by atoms with Gasteiger partial charge in [0.15, 0.2) is 0 Å². The van der Waals surface area contributed by atoms with Crippen LogP contribution >= 0.6 is 0 Å². The van der Waals surface area contributed by atoms with Crippen molar-refractivity contribution in [2.75, 3.05) is 20.4 Å². The van der Waals surface area contributed by atoms with Gasteiger partial charge in [0.25, 0.3) is 0 Å². The number of nitrogens with zero attached hydrogens (tertiary/aromatic N) is 1. The predicted molar refractivity (Wildman–Crippen MR) is 122 cm³/mol. The van der Waals surface area contributed by atoms with E-state index in [1.54, 1.807) is 0 Å². The average molecular weight is 443 g/mol. The van der Waals surface area contributed by atoms with E-state index >= 15 is 0 Å². The Balaban J connectivity index is 1.73. The molecule has 0 aliphatic carbocycles. The zero-order valence-corrected chi connectivity index (χ0v) is 19.1. The van der Waals surface area contributed by atoms with Gasteiger partial charge in [-0.2, -0.15) is 0 Å². The number of nitrogens with one attached hydrogen (secondary N) is 1. The fourth-order valence-corrected chi connectivity index (χ4v) is 4.11. The van der Waals surface area contributed by atoms with Crippen LogP contribution in [0.1, 0.15) is 35.6 Å². The number of ether oxygens (including phenoxy) is 1. The van der Waals surface area contributed by atoms with Gasteiger partial charge in [-0.3, -0.25) is 10.1 Å². The second-order valence-corrected chi connectivity index (χ2v) is 8.21. The van der Waals surface area contributed by atoms with Crippen molar-refractivity contribution in [3.63, 3.8) is 0 Å². The van der Waals surface area contributed by atoms with Crippen LogP contribution in [0.3, 0.4) is 0 Å². The molecule has 0 aromatic heterocycles. The number of hydrogen-bond donors (Lipinski definition) is 2. The number of carbonyl (C=O) groups excluding carboxylic acids is 1. The highest BCUT2D eigenvalue weighted by Crippen LogP contribution is 2.26. The summed E-state index contributed by atoms with van der Waals surface area (Å²) in [5.41, 5.74) is 4.61. The van der Waals surface area contributed by atoms with Crippen molar-refractivity contribution < 1.29 is 24.4 Å². The molecule has 3 atom stereocenters. The smallest absolute Gasteiger partial charge is 0.243 e. The molecule has 0 bridgehead atoms. The molecule has 1 aliphatic heterocycles. The van der Waals surface area contributed by atoms with E-state index in [2.05, 4.69) is 17.4 Å². The largest absolute Gasteiger partial charge is 0.381 e. The summed E-state index contributed by atoms with van der Waals surface area (Å²) < 4.78 is 6.03. The van der Waals surface area contributed by atoms with Crippen LogP contribution < -0.4 is 5.32 Å². The molecule has 7 heteroatoms. The van der Waals surface area contributed by atoms with E-state index in [0.717, 1.165) is 17.5 Å². The topological polar surface area (TPSA) is 80.3 Å². The Hall–Kier alpha value is -2.29. The fraction of sp³-hybridized carbons (Fsp3) is 0.480. The van der Waals surface area contributed by atoms with Gasteiger partial charge in [-0.15, -0.1) is 0 Å². The minimum absolute atomic E-state index is 0.0279. The molecule has 0 spiro atoms. The molecule has 174 valence electrons. The summed E-state index contributed by atoms with van der Waals surface area (Å²) in [6.45, 7) is 4.90. The summed E-state index contributed by atoms with van der Waals surface area (Å²) >= 11 is 0. The van der Waals surface area contributed by atoms with Crippen LogP contribution in [-0.2, 0) is 38.9 Å². The molecule has 32 heavy (non-hydrogen) atoms. The molecule has 7 nitrogen and oxygen atoms in total. The third-order valence-corrected chi connectivity index (χ3v) is 5.97. The number of aryl methyl sites for hydroxylation is 1. The van der Waals surface area contributed by atoms with E-state index < -0.39 is 12.1 Å². The molecule has 0 saturated heterocycles. The van der Waals surface area contributed by atoms with Crippen LogP contribution in [0.15, 0.2) is 48.5 Å². The third-order valence-electron chi connectivity index (χ3n) is 5.97. The summed E-state index contributed by atoms with van der Waals surface area (Å²) in [5.74, 6) is -0.0904. The van der Waals surface area contributed by atoms with Gasteiger partial charge in [-0.1, -0.05) is 54.1 Å². The van der Waals surface area contributed by atoms with Gasteiger partial charge in [0, 0.05) is 12.6 Å². The molecular formula is C25H34N2O5.